The van der Waals surface area contributed by atoms with Crippen molar-refractivity contribution in [3.8, 4) is 16.9 Å². The van der Waals surface area contributed by atoms with Crippen LogP contribution < -0.4 is 15.0 Å². The summed E-state index contributed by atoms with van der Waals surface area (Å²) in [7, 11) is 3.28. The van der Waals surface area contributed by atoms with E-state index in [9.17, 15) is 10.1 Å². The van der Waals surface area contributed by atoms with Crippen molar-refractivity contribution < 1.29 is 9.66 Å². The SMILES string of the molecule is COc1cc(N2CCNCC2)c(-c2cnn(C)c2)cc1[N+](=O)[O-]. The van der Waals surface area contributed by atoms with Gasteiger partial charge in [-0.15, -0.1) is 0 Å². The molecule has 0 saturated carbocycles. The van der Waals surface area contributed by atoms with Gasteiger partial charge in [-0.1, -0.05) is 0 Å². The monoisotopic (exact) mass is 317 g/mol. The molecule has 2 heterocycles. The second kappa shape index (κ2) is 6.25. The van der Waals surface area contributed by atoms with Crippen molar-refractivity contribution in [3.63, 3.8) is 0 Å². The van der Waals surface area contributed by atoms with Crippen LogP contribution in [-0.4, -0.2) is 48.0 Å². The van der Waals surface area contributed by atoms with Crippen molar-refractivity contribution in [2.24, 2.45) is 7.05 Å². The molecule has 3 rings (SSSR count). The average Bonchev–Trinajstić information content (AvgIpc) is 3.00. The van der Waals surface area contributed by atoms with Crippen LogP contribution in [0.2, 0.25) is 0 Å². The minimum atomic E-state index is -0.416. The van der Waals surface area contributed by atoms with E-state index in [1.807, 2.05) is 13.2 Å². The summed E-state index contributed by atoms with van der Waals surface area (Å²) in [5.74, 6) is 0.274. The van der Waals surface area contributed by atoms with Crippen LogP contribution in [0.15, 0.2) is 24.5 Å². The lowest BCUT2D eigenvalue weighted by Crippen LogP contribution is -2.43. The van der Waals surface area contributed by atoms with Crippen LogP contribution in [0.1, 0.15) is 0 Å². The van der Waals surface area contributed by atoms with Crippen LogP contribution in [0.25, 0.3) is 11.1 Å². The smallest absolute Gasteiger partial charge is 0.311 e. The predicted octanol–water partition coefficient (Wildman–Crippen LogP) is 1.41. The summed E-state index contributed by atoms with van der Waals surface area (Å²) >= 11 is 0. The van der Waals surface area contributed by atoms with Gasteiger partial charge in [0.05, 0.1) is 18.2 Å². The first-order chi connectivity index (χ1) is 11.1. The van der Waals surface area contributed by atoms with Crippen molar-refractivity contribution in [3.05, 3.63) is 34.6 Å². The van der Waals surface area contributed by atoms with Crippen molar-refractivity contribution in [2.75, 3.05) is 38.2 Å². The number of nitrogens with one attached hydrogen (secondary N) is 1. The van der Waals surface area contributed by atoms with Gasteiger partial charge in [0, 0.05) is 68.4 Å². The Labute approximate surface area is 133 Å². The van der Waals surface area contributed by atoms with Crippen LogP contribution in [-0.2, 0) is 7.05 Å². The summed E-state index contributed by atoms with van der Waals surface area (Å²) in [5.41, 5.74) is 2.55. The summed E-state index contributed by atoms with van der Waals surface area (Å²) in [6.07, 6.45) is 3.58. The molecule has 23 heavy (non-hydrogen) atoms. The van der Waals surface area contributed by atoms with Gasteiger partial charge in [0.25, 0.3) is 0 Å². The number of nitrogens with zero attached hydrogens (tertiary/aromatic N) is 4. The minimum absolute atomic E-state index is 0.0368. The second-order valence-electron chi connectivity index (χ2n) is 5.44. The molecule has 8 nitrogen and oxygen atoms in total. The molecule has 0 spiro atoms. The molecule has 122 valence electrons. The minimum Gasteiger partial charge on any atom is -0.490 e. The number of aryl methyl sites for hydroxylation is 1. The Kier molecular flexibility index (Phi) is 4.16. The van der Waals surface area contributed by atoms with Gasteiger partial charge in [0.1, 0.15) is 0 Å². The zero-order valence-corrected chi connectivity index (χ0v) is 13.2. The maximum atomic E-state index is 11.3. The molecule has 1 fully saturated rings. The number of rotatable bonds is 4. The molecular weight excluding hydrogens is 298 g/mol. The maximum absolute atomic E-state index is 11.3. The van der Waals surface area contributed by atoms with Gasteiger partial charge >= 0.3 is 5.69 Å². The Morgan fingerprint density at radius 3 is 2.65 bits per heavy atom. The molecule has 1 aromatic heterocycles. The van der Waals surface area contributed by atoms with E-state index in [0.717, 1.165) is 43.0 Å². The van der Waals surface area contributed by atoms with Crippen LogP contribution >= 0.6 is 0 Å². The van der Waals surface area contributed by atoms with Gasteiger partial charge in [-0.2, -0.15) is 5.10 Å². The topological polar surface area (TPSA) is 85.5 Å². The maximum Gasteiger partial charge on any atom is 0.311 e. The quantitative estimate of drug-likeness (QED) is 0.678. The molecule has 0 amide bonds. The highest BCUT2D eigenvalue weighted by atomic mass is 16.6. The van der Waals surface area contributed by atoms with E-state index in [0.29, 0.717) is 0 Å². The number of benzene rings is 1. The molecule has 2 aromatic rings. The number of aromatic nitrogens is 2. The van der Waals surface area contributed by atoms with E-state index < -0.39 is 4.92 Å². The average molecular weight is 317 g/mol. The van der Waals surface area contributed by atoms with Crippen LogP contribution in [0, 0.1) is 10.1 Å². The summed E-state index contributed by atoms with van der Waals surface area (Å²) in [6.45, 7) is 3.44. The fourth-order valence-corrected chi connectivity index (χ4v) is 2.82. The summed E-state index contributed by atoms with van der Waals surface area (Å²) in [4.78, 5) is 13.1. The molecule has 0 atom stereocenters. The Balaban J connectivity index is 2.16. The number of piperazine rings is 1. The Hall–Kier alpha value is -2.61. The molecule has 1 aliphatic rings. The lowest BCUT2D eigenvalue weighted by Gasteiger charge is -2.31. The van der Waals surface area contributed by atoms with Crippen molar-refractivity contribution in [1.29, 1.82) is 0 Å². The summed E-state index contributed by atoms with van der Waals surface area (Å²) < 4.78 is 6.92. The second-order valence-corrected chi connectivity index (χ2v) is 5.44. The number of nitro groups is 1. The predicted molar refractivity (Wildman–Crippen MR) is 86.9 cm³/mol. The van der Waals surface area contributed by atoms with Gasteiger partial charge in [-0.3, -0.25) is 14.8 Å². The molecule has 1 saturated heterocycles. The van der Waals surface area contributed by atoms with E-state index in [2.05, 4.69) is 15.3 Å². The van der Waals surface area contributed by atoms with Crippen LogP contribution in [0.3, 0.4) is 0 Å². The first-order valence-corrected chi connectivity index (χ1v) is 7.41. The molecule has 0 aliphatic carbocycles. The highest BCUT2D eigenvalue weighted by molar-refractivity contribution is 5.82. The van der Waals surface area contributed by atoms with E-state index >= 15 is 0 Å². The first kappa shape index (κ1) is 15.3. The Morgan fingerprint density at radius 1 is 1.35 bits per heavy atom. The van der Waals surface area contributed by atoms with Crippen molar-refractivity contribution >= 4 is 11.4 Å². The zero-order chi connectivity index (χ0) is 16.4. The zero-order valence-electron chi connectivity index (χ0n) is 13.2. The number of ether oxygens (including phenoxy) is 1. The van der Waals surface area contributed by atoms with E-state index in [-0.39, 0.29) is 11.4 Å². The normalized spacial score (nSPS) is 14.8. The van der Waals surface area contributed by atoms with Gasteiger partial charge in [0.15, 0.2) is 5.75 Å². The lowest BCUT2D eigenvalue weighted by atomic mass is 10.0. The molecule has 1 aromatic carbocycles. The highest BCUT2D eigenvalue weighted by Crippen LogP contribution is 2.40. The van der Waals surface area contributed by atoms with Crippen molar-refractivity contribution in [1.82, 2.24) is 15.1 Å². The largest absolute Gasteiger partial charge is 0.490 e. The Bertz CT molecular complexity index is 722. The molecule has 0 radical (unpaired) electrons. The number of hydrogen-bond acceptors (Lipinski definition) is 6. The third-order valence-electron chi connectivity index (χ3n) is 3.97. The molecule has 1 N–H and O–H groups in total. The van der Waals surface area contributed by atoms with E-state index in [4.69, 9.17) is 4.74 Å². The number of methoxy groups -OCH3 is 1. The third kappa shape index (κ3) is 2.98. The number of anilines is 1. The molecule has 0 unspecified atom stereocenters. The summed E-state index contributed by atoms with van der Waals surface area (Å²) in [6, 6.07) is 3.33. The molecular formula is C15H19N5O3. The molecule has 1 aliphatic heterocycles. The van der Waals surface area contributed by atoms with Crippen LogP contribution in [0.4, 0.5) is 11.4 Å². The van der Waals surface area contributed by atoms with Crippen LogP contribution in [0.5, 0.6) is 5.75 Å². The van der Waals surface area contributed by atoms with Gasteiger partial charge in [-0.25, -0.2) is 0 Å². The first-order valence-electron chi connectivity index (χ1n) is 7.41. The van der Waals surface area contributed by atoms with Crippen molar-refractivity contribution in [2.45, 2.75) is 0 Å². The number of hydrogen-bond donors (Lipinski definition) is 1. The highest BCUT2D eigenvalue weighted by Gasteiger charge is 2.24. The molecule has 8 heteroatoms. The summed E-state index contributed by atoms with van der Waals surface area (Å²) in [5, 5.41) is 18.8. The van der Waals surface area contributed by atoms with Gasteiger partial charge < -0.3 is 15.0 Å². The fourth-order valence-electron chi connectivity index (χ4n) is 2.82. The molecule has 0 bridgehead atoms. The lowest BCUT2D eigenvalue weighted by molar-refractivity contribution is -0.385. The third-order valence-corrected chi connectivity index (χ3v) is 3.97. The number of nitro benzene ring substituents is 1. The fraction of sp³-hybridized carbons (Fsp3) is 0.400. The van der Waals surface area contributed by atoms with E-state index in [1.54, 1.807) is 23.0 Å². The standard InChI is InChI=1S/C15H19N5O3/c1-18-10-11(9-17-18)12-7-14(20(21)22)15(23-2)8-13(12)19-5-3-16-4-6-19/h7-10,16H,3-6H2,1-2H3. The van der Waals surface area contributed by atoms with Gasteiger partial charge in [0.2, 0.25) is 0 Å². The van der Waals surface area contributed by atoms with Gasteiger partial charge in [-0.05, 0) is 0 Å². The van der Waals surface area contributed by atoms with E-state index in [1.165, 1.54) is 7.11 Å². The Morgan fingerprint density at radius 2 is 2.09 bits per heavy atom.